The van der Waals surface area contributed by atoms with Crippen molar-refractivity contribution in [2.75, 3.05) is 26.6 Å². The van der Waals surface area contributed by atoms with Gasteiger partial charge in [0, 0.05) is 16.6 Å². The van der Waals surface area contributed by atoms with Crippen LogP contribution in [0.25, 0.3) is 0 Å². The van der Waals surface area contributed by atoms with Crippen LogP contribution in [0, 0.1) is 0 Å². The van der Waals surface area contributed by atoms with E-state index >= 15 is 0 Å². The van der Waals surface area contributed by atoms with Crippen molar-refractivity contribution >= 4 is 34.3 Å². The molecule has 2 aromatic carbocycles. The zero-order chi connectivity index (χ0) is 24.7. The standard InChI is InChI=1S/C22H21F3N4O4S/c1-31-17-7-13(8-18(32-2)20(17)33-3)11-26-29-19(30)10-16-12-34-21(28-16)27-15-6-4-5-14(9-15)22(23,24)25/h4-9,11-12H,10H2,1-3H3,(H,27,28)(H,29,30)/b26-11-. The first-order valence-electron chi connectivity index (χ1n) is 9.74. The molecule has 0 bridgehead atoms. The van der Waals surface area contributed by atoms with Gasteiger partial charge in [0.25, 0.3) is 0 Å². The summed E-state index contributed by atoms with van der Waals surface area (Å²) >= 11 is 1.17. The van der Waals surface area contributed by atoms with Gasteiger partial charge in [-0.25, -0.2) is 10.4 Å². The van der Waals surface area contributed by atoms with Crippen LogP contribution in [-0.2, 0) is 17.4 Å². The number of nitrogens with one attached hydrogen (secondary N) is 2. The third-order valence-electron chi connectivity index (χ3n) is 4.42. The van der Waals surface area contributed by atoms with Gasteiger partial charge in [0.05, 0.1) is 45.2 Å². The summed E-state index contributed by atoms with van der Waals surface area (Å²) < 4.78 is 54.4. The number of hydrogen-bond acceptors (Lipinski definition) is 8. The van der Waals surface area contributed by atoms with E-state index in [-0.39, 0.29) is 12.1 Å². The van der Waals surface area contributed by atoms with Crippen molar-refractivity contribution in [3.8, 4) is 17.2 Å². The Balaban J connectivity index is 1.59. The van der Waals surface area contributed by atoms with E-state index in [0.29, 0.717) is 33.6 Å². The molecule has 0 fully saturated rings. The molecule has 180 valence electrons. The number of amides is 1. The monoisotopic (exact) mass is 494 g/mol. The van der Waals surface area contributed by atoms with Crippen molar-refractivity contribution in [1.29, 1.82) is 0 Å². The number of hydrogen-bond donors (Lipinski definition) is 2. The zero-order valence-electron chi connectivity index (χ0n) is 18.4. The number of nitrogens with zero attached hydrogens (tertiary/aromatic N) is 2. The Bertz CT molecular complexity index is 1160. The largest absolute Gasteiger partial charge is 0.493 e. The number of aromatic nitrogens is 1. The molecule has 0 saturated heterocycles. The van der Waals surface area contributed by atoms with Gasteiger partial charge in [-0.2, -0.15) is 18.3 Å². The number of carbonyl (C=O) groups excluding carboxylic acids is 1. The van der Waals surface area contributed by atoms with E-state index in [0.717, 1.165) is 12.1 Å². The first-order chi connectivity index (χ1) is 16.2. The van der Waals surface area contributed by atoms with E-state index in [9.17, 15) is 18.0 Å². The fourth-order valence-corrected chi connectivity index (χ4v) is 3.63. The van der Waals surface area contributed by atoms with Crippen LogP contribution in [-0.4, -0.2) is 38.4 Å². The van der Waals surface area contributed by atoms with Crippen molar-refractivity contribution in [2.45, 2.75) is 12.6 Å². The highest BCUT2D eigenvalue weighted by molar-refractivity contribution is 7.13. The molecule has 1 aromatic heterocycles. The number of rotatable bonds is 9. The average Bonchev–Trinajstić information content (AvgIpc) is 3.24. The lowest BCUT2D eigenvalue weighted by atomic mass is 10.2. The molecule has 0 saturated carbocycles. The third kappa shape index (κ3) is 6.38. The number of ether oxygens (including phenoxy) is 3. The topological polar surface area (TPSA) is 94.1 Å². The van der Waals surface area contributed by atoms with Crippen molar-refractivity contribution < 1.29 is 32.2 Å². The molecule has 1 heterocycles. The van der Waals surface area contributed by atoms with Crippen molar-refractivity contribution in [3.63, 3.8) is 0 Å². The Morgan fingerprint density at radius 2 is 1.82 bits per heavy atom. The Hall–Kier alpha value is -3.80. The number of benzene rings is 2. The lowest BCUT2D eigenvalue weighted by Crippen LogP contribution is -2.20. The Morgan fingerprint density at radius 3 is 2.44 bits per heavy atom. The fraction of sp³-hybridized carbons (Fsp3) is 0.227. The van der Waals surface area contributed by atoms with Gasteiger partial charge in [-0.15, -0.1) is 11.3 Å². The number of hydrazone groups is 1. The quantitative estimate of drug-likeness (QED) is 0.333. The summed E-state index contributed by atoms with van der Waals surface area (Å²) in [5.74, 6) is 0.902. The summed E-state index contributed by atoms with van der Waals surface area (Å²) in [6.45, 7) is 0. The van der Waals surface area contributed by atoms with Crippen LogP contribution in [0.5, 0.6) is 17.2 Å². The van der Waals surface area contributed by atoms with Crippen LogP contribution in [0.1, 0.15) is 16.8 Å². The fourth-order valence-electron chi connectivity index (χ4n) is 2.90. The summed E-state index contributed by atoms with van der Waals surface area (Å²) in [6, 6.07) is 8.12. The molecule has 0 unspecified atom stereocenters. The van der Waals surface area contributed by atoms with Gasteiger partial charge >= 0.3 is 6.18 Å². The van der Waals surface area contributed by atoms with Crippen molar-refractivity contribution in [1.82, 2.24) is 10.4 Å². The molecule has 2 N–H and O–H groups in total. The Morgan fingerprint density at radius 1 is 1.12 bits per heavy atom. The summed E-state index contributed by atoms with van der Waals surface area (Å²) in [4.78, 5) is 16.4. The maximum Gasteiger partial charge on any atom is 0.416 e. The predicted molar refractivity (Wildman–Crippen MR) is 122 cm³/mol. The van der Waals surface area contributed by atoms with Gasteiger partial charge in [0.1, 0.15) is 0 Å². The van der Waals surface area contributed by atoms with Gasteiger partial charge < -0.3 is 19.5 Å². The molecule has 0 radical (unpaired) electrons. The molecule has 0 atom stereocenters. The van der Waals surface area contributed by atoms with Crippen LogP contribution in [0.4, 0.5) is 24.0 Å². The smallest absolute Gasteiger partial charge is 0.416 e. The SMILES string of the molecule is COc1cc(/C=N\NC(=O)Cc2csc(Nc3cccc(C(F)(F)F)c3)n2)cc(OC)c1OC. The summed E-state index contributed by atoms with van der Waals surface area (Å²) in [6.07, 6.45) is -3.08. The zero-order valence-corrected chi connectivity index (χ0v) is 19.2. The first kappa shape index (κ1) is 24.8. The van der Waals surface area contributed by atoms with Crippen LogP contribution in [0.3, 0.4) is 0 Å². The molecular formula is C22H21F3N4O4S. The molecule has 0 aliphatic heterocycles. The molecule has 0 aliphatic carbocycles. The molecule has 8 nitrogen and oxygen atoms in total. The number of methoxy groups -OCH3 is 3. The van der Waals surface area contributed by atoms with Gasteiger partial charge in [0.15, 0.2) is 16.6 Å². The minimum atomic E-state index is -4.44. The molecular weight excluding hydrogens is 473 g/mol. The highest BCUT2D eigenvalue weighted by atomic mass is 32.1. The minimum absolute atomic E-state index is 0.0621. The van der Waals surface area contributed by atoms with E-state index in [4.69, 9.17) is 14.2 Å². The maximum atomic E-state index is 12.9. The van der Waals surface area contributed by atoms with E-state index in [1.807, 2.05) is 0 Å². The molecule has 1 amide bonds. The molecule has 12 heteroatoms. The number of anilines is 2. The second-order valence-electron chi connectivity index (χ2n) is 6.78. The van der Waals surface area contributed by atoms with Crippen molar-refractivity contribution in [2.24, 2.45) is 5.10 Å². The molecule has 0 aliphatic rings. The van der Waals surface area contributed by atoms with E-state index in [1.54, 1.807) is 17.5 Å². The van der Waals surface area contributed by atoms with E-state index < -0.39 is 17.6 Å². The van der Waals surface area contributed by atoms with Crippen LogP contribution < -0.4 is 25.0 Å². The Kier molecular flexibility index (Phi) is 7.95. The van der Waals surface area contributed by atoms with Crippen molar-refractivity contribution in [3.05, 3.63) is 58.6 Å². The second kappa shape index (κ2) is 10.9. The normalized spacial score (nSPS) is 11.4. The number of carbonyl (C=O) groups is 1. The number of halogens is 3. The van der Waals surface area contributed by atoms with E-state index in [1.165, 1.54) is 51.0 Å². The highest BCUT2D eigenvalue weighted by Gasteiger charge is 2.30. The molecule has 34 heavy (non-hydrogen) atoms. The summed E-state index contributed by atoms with van der Waals surface area (Å²) in [5, 5.41) is 8.75. The Labute approximate surface area is 197 Å². The number of alkyl halides is 3. The third-order valence-corrected chi connectivity index (χ3v) is 5.23. The van der Waals surface area contributed by atoms with Gasteiger partial charge in [0.2, 0.25) is 11.7 Å². The second-order valence-corrected chi connectivity index (χ2v) is 7.63. The van der Waals surface area contributed by atoms with Crippen LogP contribution in [0.2, 0.25) is 0 Å². The highest BCUT2D eigenvalue weighted by Crippen LogP contribution is 2.37. The minimum Gasteiger partial charge on any atom is -0.493 e. The predicted octanol–water partition coefficient (Wildman–Crippen LogP) is 4.62. The first-order valence-corrected chi connectivity index (χ1v) is 10.6. The average molecular weight is 494 g/mol. The summed E-state index contributed by atoms with van der Waals surface area (Å²) in [7, 11) is 4.47. The van der Waals surface area contributed by atoms with Gasteiger partial charge in [-0.3, -0.25) is 4.79 Å². The number of thiazole rings is 1. The lowest BCUT2D eigenvalue weighted by molar-refractivity contribution is -0.137. The lowest BCUT2D eigenvalue weighted by Gasteiger charge is -2.12. The maximum absolute atomic E-state index is 12.9. The van der Waals surface area contributed by atoms with Gasteiger partial charge in [-0.1, -0.05) is 6.07 Å². The summed E-state index contributed by atoms with van der Waals surface area (Å²) in [5.41, 5.74) is 2.94. The molecule has 0 spiro atoms. The van der Waals surface area contributed by atoms with Crippen LogP contribution in [0.15, 0.2) is 46.9 Å². The van der Waals surface area contributed by atoms with E-state index in [2.05, 4.69) is 20.8 Å². The molecule has 3 aromatic rings. The van der Waals surface area contributed by atoms with Gasteiger partial charge in [-0.05, 0) is 30.3 Å². The molecule has 3 rings (SSSR count). The van der Waals surface area contributed by atoms with Crippen LogP contribution >= 0.6 is 11.3 Å².